The van der Waals surface area contributed by atoms with Crippen molar-refractivity contribution >= 4 is 22.1 Å². The van der Waals surface area contributed by atoms with Crippen LogP contribution in [0.15, 0.2) is 52.0 Å². The highest BCUT2D eigenvalue weighted by Gasteiger charge is 2.02. The molecule has 0 saturated heterocycles. The number of nitrogens with one attached hydrogen (secondary N) is 1. The molecule has 0 radical (unpaired) electrons. The maximum Gasteiger partial charge on any atom is 0.127 e. The van der Waals surface area contributed by atoms with Crippen LogP contribution in [0.2, 0.25) is 0 Å². The van der Waals surface area contributed by atoms with E-state index in [0.717, 1.165) is 27.1 Å². The standard InChI is InChI=1S/C16H17BrN2O2/c1-20-15-6-4-3-5-12(15)10-18-19-11-13-9-14(17)7-8-16(13)21-2/h3-9,11,18H,10H2,1-2H3/b19-11-. The lowest BCUT2D eigenvalue weighted by molar-refractivity contribution is 0.408. The predicted octanol–water partition coefficient (Wildman–Crippen LogP) is 3.59. The van der Waals surface area contributed by atoms with Crippen LogP contribution in [0.1, 0.15) is 11.1 Å². The van der Waals surface area contributed by atoms with Gasteiger partial charge in [0.25, 0.3) is 0 Å². The van der Waals surface area contributed by atoms with E-state index in [2.05, 4.69) is 26.5 Å². The van der Waals surface area contributed by atoms with E-state index in [1.54, 1.807) is 20.4 Å². The van der Waals surface area contributed by atoms with E-state index in [-0.39, 0.29) is 0 Å². The molecule has 0 aliphatic carbocycles. The Morgan fingerprint density at radius 3 is 2.62 bits per heavy atom. The van der Waals surface area contributed by atoms with E-state index in [4.69, 9.17) is 9.47 Å². The third-order valence-corrected chi connectivity index (χ3v) is 3.44. The van der Waals surface area contributed by atoms with Gasteiger partial charge in [-0.2, -0.15) is 5.10 Å². The lowest BCUT2D eigenvalue weighted by Crippen LogP contribution is -2.07. The van der Waals surface area contributed by atoms with Crippen LogP contribution in [0.25, 0.3) is 0 Å². The first-order chi connectivity index (χ1) is 10.2. The fraction of sp³-hybridized carbons (Fsp3) is 0.188. The van der Waals surface area contributed by atoms with E-state index < -0.39 is 0 Å². The average Bonchev–Trinajstić information content (AvgIpc) is 2.52. The topological polar surface area (TPSA) is 42.8 Å². The molecule has 0 atom stereocenters. The minimum atomic E-state index is 0.594. The summed E-state index contributed by atoms with van der Waals surface area (Å²) in [6.07, 6.45) is 1.74. The van der Waals surface area contributed by atoms with Gasteiger partial charge in [-0.1, -0.05) is 34.1 Å². The minimum absolute atomic E-state index is 0.594. The Morgan fingerprint density at radius 2 is 1.86 bits per heavy atom. The summed E-state index contributed by atoms with van der Waals surface area (Å²) in [5, 5.41) is 4.23. The highest BCUT2D eigenvalue weighted by molar-refractivity contribution is 9.10. The van der Waals surface area contributed by atoms with Gasteiger partial charge in [-0.3, -0.25) is 0 Å². The number of ether oxygens (including phenoxy) is 2. The van der Waals surface area contributed by atoms with Crippen molar-refractivity contribution < 1.29 is 9.47 Å². The molecule has 0 aromatic heterocycles. The summed E-state index contributed by atoms with van der Waals surface area (Å²) in [7, 11) is 3.30. The normalized spacial score (nSPS) is 10.6. The van der Waals surface area contributed by atoms with Gasteiger partial charge in [-0.05, 0) is 24.3 Å². The van der Waals surface area contributed by atoms with Crippen LogP contribution in [0.5, 0.6) is 11.5 Å². The number of hydrogen-bond donors (Lipinski definition) is 1. The summed E-state index contributed by atoms with van der Waals surface area (Å²) >= 11 is 3.44. The number of benzene rings is 2. The van der Waals surface area contributed by atoms with Gasteiger partial charge in [0.15, 0.2) is 0 Å². The Balaban J connectivity index is 2.01. The fourth-order valence-corrected chi connectivity index (χ4v) is 2.28. The van der Waals surface area contributed by atoms with E-state index in [0.29, 0.717) is 6.54 Å². The monoisotopic (exact) mass is 348 g/mol. The van der Waals surface area contributed by atoms with Gasteiger partial charge < -0.3 is 14.9 Å². The van der Waals surface area contributed by atoms with Crippen LogP contribution in [-0.4, -0.2) is 20.4 Å². The van der Waals surface area contributed by atoms with Crippen molar-refractivity contribution in [1.29, 1.82) is 0 Å². The van der Waals surface area contributed by atoms with Crippen molar-refractivity contribution in [1.82, 2.24) is 5.43 Å². The number of rotatable bonds is 6. The largest absolute Gasteiger partial charge is 0.496 e. The van der Waals surface area contributed by atoms with Gasteiger partial charge in [0.05, 0.1) is 27.0 Å². The molecule has 21 heavy (non-hydrogen) atoms. The number of hydrogen-bond acceptors (Lipinski definition) is 4. The van der Waals surface area contributed by atoms with E-state index >= 15 is 0 Å². The van der Waals surface area contributed by atoms with Gasteiger partial charge in [0, 0.05) is 15.6 Å². The zero-order chi connectivity index (χ0) is 15.1. The van der Waals surface area contributed by atoms with Crippen molar-refractivity contribution in [2.24, 2.45) is 5.10 Å². The number of hydrazone groups is 1. The molecular weight excluding hydrogens is 332 g/mol. The fourth-order valence-electron chi connectivity index (χ4n) is 1.90. The minimum Gasteiger partial charge on any atom is -0.496 e. The molecule has 4 nitrogen and oxygen atoms in total. The molecule has 0 aliphatic heterocycles. The molecule has 110 valence electrons. The molecule has 5 heteroatoms. The Kier molecular flexibility index (Phi) is 5.63. The van der Waals surface area contributed by atoms with Crippen molar-refractivity contribution in [3.05, 3.63) is 58.1 Å². The summed E-state index contributed by atoms with van der Waals surface area (Å²) in [5.74, 6) is 1.63. The molecule has 0 bridgehead atoms. The summed E-state index contributed by atoms with van der Waals surface area (Å²) < 4.78 is 11.6. The Bertz CT molecular complexity index is 629. The molecule has 0 fully saturated rings. The molecule has 0 aliphatic rings. The van der Waals surface area contributed by atoms with Crippen molar-refractivity contribution in [2.45, 2.75) is 6.54 Å². The second kappa shape index (κ2) is 7.69. The second-order valence-corrected chi connectivity index (χ2v) is 5.21. The summed E-state index contributed by atoms with van der Waals surface area (Å²) in [4.78, 5) is 0. The van der Waals surface area contributed by atoms with Gasteiger partial charge in [0.2, 0.25) is 0 Å². The van der Waals surface area contributed by atoms with Crippen LogP contribution in [0, 0.1) is 0 Å². The maximum atomic E-state index is 5.29. The van der Waals surface area contributed by atoms with Crippen LogP contribution < -0.4 is 14.9 Å². The molecule has 2 aromatic rings. The lowest BCUT2D eigenvalue weighted by atomic mass is 10.2. The zero-order valence-corrected chi connectivity index (χ0v) is 13.6. The van der Waals surface area contributed by atoms with E-state index in [1.165, 1.54) is 0 Å². The average molecular weight is 349 g/mol. The molecule has 2 aromatic carbocycles. The molecule has 0 amide bonds. The molecule has 0 saturated carbocycles. The van der Waals surface area contributed by atoms with Crippen LogP contribution in [-0.2, 0) is 6.54 Å². The lowest BCUT2D eigenvalue weighted by Gasteiger charge is -2.08. The smallest absolute Gasteiger partial charge is 0.127 e. The first-order valence-electron chi connectivity index (χ1n) is 6.46. The van der Waals surface area contributed by atoms with Crippen LogP contribution in [0.3, 0.4) is 0 Å². The van der Waals surface area contributed by atoms with Crippen molar-refractivity contribution in [3.8, 4) is 11.5 Å². The predicted molar refractivity (Wildman–Crippen MR) is 88.1 cm³/mol. The Labute approximate surface area is 132 Å². The van der Waals surface area contributed by atoms with Gasteiger partial charge in [0.1, 0.15) is 11.5 Å². The second-order valence-electron chi connectivity index (χ2n) is 4.29. The Hall–Kier alpha value is -2.01. The van der Waals surface area contributed by atoms with Crippen molar-refractivity contribution in [2.75, 3.05) is 14.2 Å². The van der Waals surface area contributed by atoms with Crippen molar-refractivity contribution in [3.63, 3.8) is 0 Å². The van der Waals surface area contributed by atoms with E-state index in [1.807, 2.05) is 42.5 Å². The summed E-state index contributed by atoms with van der Waals surface area (Å²) in [6.45, 7) is 0.594. The molecule has 1 N–H and O–H groups in total. The number of methoxy groups -OCH3 is 2. The van der Waals surface area contributed by atoms with Gasteiger partial charge >= 0.3 is 0 Å². The highest BCUT2D eigenvalue weighted by atomic mass is 79.9. The van der Waals surface area contributed by atoms with E-state index in [9.17, 15) is 0 Å². The summed E-state index contributed by atoms with van der Waals surface area (Å²) in [6, 6.07) is 13.6. The van der Waals surface area contributed by atoms with Crippen LogP contribution in [0.4, 0.5) is 0 Å². The quantitative estimate of drug-likeness (QED) is 0.640. The molecule has 0 heterocycles. The zero-order valence-electron chi connectivity index (χ0n) is 12.0. The Morgan fingerprint density at radius 1 is 1.10 bits per heavy atom. The SMILES string of the molecule is COc1ccc(Br)cc1/C=N\NCc1ccccc1OC. The maximum absolute atomic E-state index is 5.29. The molecule has 0 spiro atoms. The molecule has 2 rings (SSSR count). The highest BCUT2D eigenvalue weighted by Crippen LogP contribution is 2.21. The first kappa shape index (κ1) is 15.4. The first-order valence-corrected chi connectivity index (χ1v) is 7.25. The summed E-state index contributed by atoms with van der Waals surface area (Å²) in [5.41, 5.74) is 4.97. The molecular formula is C16H17BrN2O2. The number of halogens is 1. The third-order valence-electron chi connectivity index (χ3n) is 2.95. The van der Waals surface area contributed by atoms with Gasteiger partial charge in [-0.25, -0.2) is 0 Å². The van der Waals surface area contributed by atoms with Gasteiger partial charge in [-0.15, -0.1) is 0 Å². The molecule has 0 unspecified atom stereocenters. The van der Waals surface area contributed by atoms with Crippen LogP contribution >= 0.6 is 15.9 Å². The number of para-hydroxylation sites is 1. The number of nitrogens with zero attached hydrogens (tertiary/aromatic N) is 1. The third kappa shape index (κ3) is 4.23.